The van der Waals surface area contributed by atoms with Crippen molar-refractivity contribution in [3.8, 4) is 5.75 Å². The molecule has 1 saturated carbocycles. The maximum atomic E-state index is 9.65. The third-order valence-electron chi connectivity index (χ3n) is 4.23. The van der Waals surface area contributed by atoms with Crippen molar-refractivity contribution >= 4 is 0 Å². The SMILES string of the molecule is COc1ccc(C(C)(C)C)cc1C1CCC(O)CC1. The van der Waals surface area contributed by atoms with Crippen molar-refractivity contribution in [2.45, 2.75) is 63.9 Å². The third kappa shape index (κ3) is 3.30. The lowest BCUT2D eigenvalue weighted by atomic mass is 9.79. The van der Waals surface area contributed by atoms with E-state index in [0.717, 1.165) is 31.4 Å². The van der Waals surface area contributed by atoms with Gasteiger partial charge in [-0.05, 0) is 54.2 Å². The molecule has 1 aliphatic rings. The van der Waals surface area contributed by atoms with Gasteiger partial charge in [-0.1, -0.05) is 32.9 Å². The smallest absolute Gasteiger partial charge is 0.122 e. The maximum Gasteiger partial charge on any atom is 0.122 e. The summed E-state index contributed by atoms with van der Waals surface area (Å²) in [5, 5.41) is 9.65. The molecule has 1 aliphatic carbocycles. The van der Waals surface area contributed by atoms with Crippen molar-refractivity contribution in [2.75, 3.05) is 7.11 Å². The van der Waals surface area contributed by atoms with Crippen molar-refractivity contribution in [1.82, 2.24) is 0 Å². The number of hydrogen-bond donors (Lipinski definition) is 1. The molecule has 106 valence electrons. The molecule has 0 amide bonds. The van der Waals surface area contributed by atoms with Gasteiger partial charge in [-0.25, -0.2) is 0 Å². The van der Waals surface area contributed by atoms with Gasteiger partial charge in [-0.3, -0.25) is 0 Å². The molecule has 0 heterocycles. The first-order chi connectivity index (χ1) is 8.91. The number of methoxy groups -OCH3 is 1. The van der Waals surface area contributed by atoms with Crippen LogP contribution < -0.4 is 4.74 Å². The Morgan fingerprint density at radius 3 is 2.26 bits per heavy atom. The average molecular weight is 262 g/mol. The second-order valence-electron chi connectivity index (χ2n) is 6.71. The lowest BCUT2D eigenvalue weighted by Crippen LogP contribution is -2.18. The minimum Gasteiger partial charge on any atom is -0.496 e. The summed E-state index contributed by atoms with van der Waals surface area (Å²) >= 11 is 0. The minimum atomic E-state index is -0.104. The van der Waals surface area contributed by atoms with E-state index in [-0.39, 0.29) is 11.5 Å². The van der Waals surface area contributed by atoms with Crippen molar-refractivity contribution in [3.63, 3.8) is 0 Å². The summed E-state index contributed by atoms with van der Waals surface area (Å²) in [6.45, 7) is 6.72. The predicted octanol–water partition coefficient (Wildman–Crippen LogP) is 4.01. The molecule has 0 bridgehead atoms. The molecule has 2 heteroatoms. The first kappa shape index (κ1) is 14.4. The van der Waals surface area contributed by atoms with Crippen molar-refractivity contribution in [2.24, 2.45) is 0 Å². The van der Waals surface area contributed by atoms with E-state index in [0.29, 0.717) is 5.92 Å². The number of ether oxygens (including phenoxy) is 1. The van der Waals surface area contributed by atoms with Gasteiger partial charge in [-0.15, -0.1) is 0 Å². The number of rotatable bonds is 2. The van der Waals surface area contributed by atoms with E-state index in [1.54, 1.807) is 7.11 Å². The van der Waals surface area contributed by atoms with E-state index in [1.165, 1.54) is 11.1 Å². The summed E-state index contributed by atoms with van der Waals surface area (Å²) in [4.78, 5) is 0. The van der Waals surface area contributed by atoms with Crippen LogP contribution in [-0.2, 0) is 5.41 Å². The molecule has 0 radical (unpaired) electrons. The first-order valence-corrected chi connectivity index (χ1v) is 7.28. The van der Waals surface area contributed by atoms with Gasteiger partial charge in [0.25, 0.3) is 0 Å². The predicted molar refractivity (Wildman–Crippen MR) is 78.9 cm³/mol. The summed E-state index contributed by atoms with van der Waals surface area (Å²) in [6, 6.07) is 6.57. The largest absolute Gasteiger partial charge is 0.496 e. The van der Waals surface area contributed by atoms with E-state index >= 15 is 0 Å². The topological polar surface area (TPSA) is 29.5 Å². The zero-order valence-electron chi connectivity index (χ0n) is 12.6. The Bertz CT molecular complexity index is 423. The van der Waals surface area contributed by atoms with Crippen LogP contribution in [0.2, 0.25) is 0 Å². The Balaban J connectivity index is 2.31. The van der Waals surface area contributed by atoms with Gasteiger partial charge < -0.3 is 9.84 Å². The van der Waals surface area contributed by atoms with Crippen molar-refractivity contribution < 1.29 is 9.84 Å². The highest BCUT2D eigenvalue weighted by Gasteiger charge is 2.25. The maximum absolute atomic E-state index is 9.65. The van der Waals surface area contributed by atoms with Crippen LogP contribution in [0, 0.1) is 0 Å². The molecule has 1 aromatic rings. The Morgan fingerprint density at radius 2 is 1.74 bits per heavy atom. The van der Waals surface area contributed by atoms with Gasteiger partial charge in [0.15, 0.2) is 0 Å². The van der Waals surface area contributed by atoms with E-state index in [2.05, 4.69) is 39.0 Å². The Hall–Kier alpha value is -1.02. The second kappa shape index (κ2) is 5.54. The van der Waals surface area contributed by atoms with Crippen LogP contribution in [0.1, 0.15) is 63.5 Å². The highest BCUT2D eigenvalue weighted by molar-refractivity contribution is 5.42. The lowest BCUT2D eigenvalue weighted by Gasteiger charge is -2.29. The fourth-order valence-electron chi connectivity index (χ4n) is 2.91. The van der Waals surface area contributed by atoms with Crippen LogP contribution in [0.15, 0.2) is 18.2 Å². The quantitative estimate of drug-likeness (QED) is 0.872. The zero-order valence-corrected chi connectivity index (χ0v) is 12.6. The standard InChI is InChI=1S/C17H26O2/c1-17(2,3)13-7-10-16(19-4)15(11-13)12-5-8-14(18)9-6-12/h7,10-12,14,18H,5-6,8-9H2,1-4H3. The highest BCUT2D eigenvalue weighted by atomic mass is 16.5. The van der Waals surface area contributed by atoms with Crippen molar-refractivity contribution in [3.05, 3.63) is 29.3 Å². The molecule has 0 unspecified atom stereocenters. The van der Waals surface area contributed by atoms with Crippen LogP contribution in [0.5, 0.6) is 5.75 Å². The molecule has 0 aliphatic heterocycles. The fourth-order valence-corrected chi connectivity index (χ4v) is 2.91. The zero-order chi connectivity index (χ0) is 14.0. The lowest BCUT2D eigenvalue weighted by molar-refractivity contribution is 0.122. The number of aliphatic hydroxyl groups is 1. The molecular weight excluding hydrogens is 236 g/mol. The van der Waals surface area contributed by atoms with E-state index in [4.69, 9.17) is 4.74 Å². The van der Waals surface area contributed by atoms with Crippen LogP contribution in [0.3, 0.4) is 0 Å². The average Bonchev–Trinajstić information content (AvgIpc) is 2.38. The second-order valence-corrected chi connectivity index (χ2v) is 6.71. The summed E-state index contributed by atoms with van der Waals surface area (Å²) in [5.41, 5.74) is 2.84. The Morgan fingerprint density at radius 1 is 1.11 bits per heavy atom. The number of benzene rings is 1. The van der Waals surface area contributed by atoms with Gasteiger partial charge in [0.1, 0.15) is 5.75 Å². The van der Waals surface area contributed by atoms with Gasteiger partial charge in [0, 0.05) is 0 Å². The number of aliphatic hydroxyl groups excluding tert-OH is 1. The molecular formula is C17H26O2. The molecule has 0 atom stereocenters. The van der Waals surface area contributed by atoms with Crippen LogP contribution in [0.4, 0.5) is 0 Å². The van der Waals surface area contributed by atoms with Gasteiger partial charge in [-0.2, -0.15) is 0 Å². The Kier molecular flexibility index (Phi) is 4.19. The monoisotopic (exact) mass is 262 g/mol. The van der Waals surface area contributed by atoms with E-state index < -0.39 is 0 Å². The number of hydrogen-bond acceptors (Lipinski definition) is 2. The highest BCUT2D eigenvalue weighted by Crippen LogP contribution is 2.39. The summed E-state index contributed by atoms with van der Waals surface area (Å²) < 4.78 is 5.53. The van der Waals surface area contributed by atoms with Gasteiger partial charge in [0.05, 0.1) is 13.2 Å². The van der Waals surface area contributed by atoms with Crippen LogP contribution in [-0.4, -0.2) is 18.3 Å². The molecule has 1 aromatic carbocycles. The van der Waals surface area contributed by atoms with Gasteiger partial charge >= 0.3 is 0 Å². The summed E-state index contributed by atoms with van der Waals surface area (Å²) in [6.07, 6.45) is 3.84. The molecule has 1 fully saturated rings. The summed E-state index contributed by atoms with van der Waals surface area (Å²) in [5.74, 6) is 1.52. The molecule has 2 rings (SSSR count). The Labute approximate surface area is 116 Å². The minimum absolute atomic E-state index is 0.104. The molecule has 2 nitrogen and oxygen atoms in total. The molecule has 0 spiro atoms. The van der Waals surface area contributed by atoms with Crippen molar-refractivity contribution in [1.29, 1.82) is 0 Å². The van der Waals surface area contributed by atoms with Crippen LogP contribution >= 0.6 is 0 Å². The normalized spacial score (nSPS) is 24.3. The fraction of sp³-hybridized carbons (Fsp3) is 0.647. The van der Waals surface area contributed by atoms with E-state index in [1.807, 2.05) is 0 Å². The molecule has 1 N–H and O–H groups in total. The van der Waals surface area contributed by atoms with Crippen LogP contribution in [0.25, 0.3) is 0 Å². The van der Waals surface area contributed by atoms with E-state index in [9.17, 15) is 5.11 Å². The molecule has 0 saturated heterocycles. The molecule has 19 heavy (non-hydrogen) atoms. The van der Waals surface area contributed by atoms with Gasteiger partial charge in [0.2, 0.25) is 0 Å². The first-order valence-electron chi connectivity index (χ1n) is 7.28. The summed E-state index contributed by atoms with van der Waals surface area (Å²) in [7, 11) is 1.74. The third-order valence-corrected chi connectivity index (χ3v) is 4.23. The molecule has 0 aromatic heterocycles.